The monoisotopic (exact) mass is 220 g/mol. The molecule has 0 spiro atoms. The molecule has 1 aliphatic carbocycles. The molecule has 1 fully saturated rings. The van der Waals surface area contributed by atoms with Crippen LogP contribution in [0.5, 0.6) is 5.75 Å². The molecule has 0 bridgehead atoms. The normalized spacial score (nSPS) is 27.9. The van der Waals surface area contributed by atoms with Gasteiger partial charge in [0, 0.05) is 5.41 Å². The van der Waals surface area contributed by atoms with Gasteiger partial charge in [-0.25, -0.2) is 0 Å². The highest BCUT2D eigenvalue weighted by Gasteiger charge is 2.51. The number of hydrogen-bond acceptors (Lipinski definition) is 2. The van der Waals surface area contributed by atoms with Gasteiger partial charge in [0.25, 0.3) is 0 Å². The van der Waals surface area contributed by atoms with E-state index >= 15 is 0 Å². The van der Waals surface area contributed by atoms with Crippen molar-refractivity contribution in [1.82, 2.24) is 0 Å². The summed E-state index contributed by atoms with van der Waals surface area (Å²) in [5, 5.41) is 9.51. The van der Waals surface area contributed by atoms with Crippen LogP contribution >= 0.6 is 0 Å². The molecule has 2 nitrogen and oxygen atoms in total. The van der Waals surface area contributed by atoms with Gasteiger partial charge in [0.2, 0.25) is 0 Å². The van der Waals surface area contributed by atoms with Crippen molar-refractivity contribution >= 4 is 0 Å². The second-order valence-electron chi connectivity index (χ2n) is 4.83. The third-order valence-electron chi connectivity index (χ3n) is 3.79. The topological polar surface area (TPSA) is 29.5 Å². The van der Waals surface area contributed by atoms with E-state index in [-0.39, 0.29) is 12.0 Å². The van der Waals surface area contributed by atoms with Crippen LogP contribution in [0.15, 0.2) is 18.2 Å². The Morgan fingerprint density at radius 3 is 2.62 bits per heavy atom. The molecular formula is C14H20O2. The molecule has 2 unspecified atom stereocenters. The van der Waals surface area contributed by atoms with E-state index in [0.717, 1.165) is 17.7 Å². The summed E-state index contributed by atoms with van der Waals surface area (Å²) in [4.78, 5) is 0. The first-order valence-corrected chi connectivity index (χ1v) is 5.99. The second kappa shape index (κ2) is 4.10. The second-order valence-corrected chi connectivity index (χ2v) is 4.83. The Kier molecular flexibility index (Phi) is 2.94. The van der Waals surface area contributed by atoms with Gasteiger partial charge >= 0.3 is 0 Å². The lowest BCUT2D eigenvalue weighted by Gasteiger charge is -2.16. The molecule has 88 valence electrons. The SMILES string of the molecule is CCOc1ccc(C2(CO)CC2C)cc1C. The third-order valence-corrected chi connectivity index (χ3v) is 3.79. The largest absolute Gasteiger partial charge is 0.494 e. The van der Waals surface area contributed by atoms with Crippen molar-refractivity contribution in [1.29, 1.82) is 0 Å². The van der Waals surface area contributed by atoms with E-state index in [9.17, 15) is 5.11 Å². The Morgan fingerprint density at radius 1 is 1.50 bits per heavy atom. The number of aliphatic hydroxyl groups excluding tert-OH is 1. The minimum absolute atomic E-state index is 0.0233. The Bertz CT molecular complexity index is 382. The fourth-order valence-electron chi connectivity index (χ4n) is 2.48. The van der Waals surface area contributed by atoms with Crippen LogP contribution in [-0.4, -0.2) is 18.3 Å². The van der Waals surface area contributed by atoms with Crippen LogP contribution in [0.25, 0.3) is 0 Å². The zero-order chi connectivity index (χ0) is 11.8. The molecule has 1 N–H and O–H groups in total. The minimum Gasteiger partial charge on any atom is -0.494 e. The van der Waals surface area contributed by atoms with Gasteiger partial charge in [-0.1, -0.05) is 19.1 Å². The van der Waals surface area contributed by atoms with Crippen LogP contribution in [0, 0.1) is 12.8 Å². The lowest BCUT2D eigenvalue weighted by molar-refractivity contribution is 0.247. The van der Waals surface area contributed by atoms with Gasteiger partial charge in [0.05, 0.1) is 13.2 Å². The van der Waals surface area contributed by atoms with E-state index < -0.39 is 0 Å². The Hall–Kier alpha value is -1.02. The first kappa shape index (κ1) is 11.5. The number of aryl methyl sites for hydroxylation is 1. The predicted octanol–water partition coefficient (Wildman–Crippen LogP) is 2.66. The first-order valence-electron chi connectivity index (χ1n) is 5.99. The quantitative estimate of drug-likeness (QED) is 0.845. The maximum absolute atomic E-state index is 9.51. The number of benzene rings is 1. The molecule has 0 amide bonds. The van der Waals surface area contributed by atoms with Gasteiger partial charge in [-0.05, 0) is 43.4 Å². The van der Waals surface area contributed by atoms with E-state index in [1.807, 2.05) is 13.0 Å². The van der Waals surface area contributed by atoms with Crippen LogP contribution in [0.1, 0.15) is 31.4 Å². The van der Waals surface area contributed by atoms with Gasteiger partial charge < -0.3 is 9.84 Å². The molecule has 0 heterocycles. The van der Waals surface area contributed by atoms with E-state index in [1.54, 1.807) is 0 Å². The molecule has 0 radical (unpaired) electrons. The van der Waals surface area contributed by atoms with E-state index in [1.165, 1.54) is 5.56 Å². The molecular weight excluding hydrogens is 200 g/mol. The van der Waals surface area contributed by atoms with Crippen molar-refractivity contribution < 1.29 is 9.84 Å². The molecule has 0 saturated heterocycles. The van der Waals surface area contributed by atoms with Gasteiger partial charge in [-0.2, -0.15) is 0 Å². The first-order chi connectivity index (χ1) is 7.64. The zero-order valence-corrected chi connectivity index (χ0v) is 10.3. The Balaban J connectivity index is 2.28. The molecule has 2 rings (SSSR count). The zero-order valence-electron chi connectivity index (χ0n) is 10.3. The summed E-state index contributed by atoms with van der Waals surface area (Å²) in [5.74, 6) is 1.54. The molecule has 1 aromatic rings. The fourth-order valence-corrected chi connectivity index (χ4v) is 2.48. The highest BCUT2D eigenvalue weighted by molar-refractivity contribution is 5.42. The van der Waals surface area contributed by atoms with Gasteiger partial charge in [0.15, 0.2) is 0 Å². The maximum Gasteiger partial charge on any atom is 0.122 e. The number of rotatable bonds is 4. The van der Waals surface area contributed by atoms with Crippen molar-refractivity contribution in [3.63, 3.8) is 0 Å². The van der Waals surface area contributed by atoms with Gasteiger partial charge in [0.1, 0.15) is 5.75 Å². The van der Waals surface area contributed by atoms with Crippen LogP contribution < -0.4 is 4.74 Å². The smallest absolute Gasteiger partial charge is 0.122 e. The van der Waals surface area contributed by atoms with Crippen molar-refractivity contribution in [2.75, 3.05) is 13.2 Å². The average Bonchev–Trinajstić information content (AvgIpc) is 2.94. The standard InChI is InChI=1S/C14H20O2/c1-4-16-13-6-5-12(7-10(13)2)14(9-15)8-11(14)3/h5-7,11,15H,4,8-9H2,1-3H3. The minimum atomic E-state index is 0.0233. The Morgan fingerprint density at radius 2 is 2.19 bits per heavy atom. The number of aliphatic hydroxyl groups is 1. The molecule has 0 aromatic heterocycles. The van der Waals surface area contributed by atoms with Gasteiger partial charge in [-0.3, -0.25) is 0 Å². The summed E-state index contributed by atoms with van der Waals surface area (Å²) in [7, 11) is 0. The molecule has 1 saturated carbocycles. The molecule has 1 aliphatic rings. The van der Waals surface area contributed by atoms with Crippen molar-refractivity contribution in [2.24, 2.45) is 5.92 Å². The summed E-state index contributed by atoms with van der Waals surface area (Å²) in [6.07, 6.45) is 1.09. The molecule has 16 heavy (non-hydrogen) atoms. The predicted molar refractivity (Wildman–Crippen MR) is 64.9 cm³/mol. The molecule has 2 atom stereocenters. The summed E-state index contributed by atoms with van der Waals surface area (Å²) in [6.45, 7) is 7.20. The van der Waals surface area contributed by atoms with E-state index in [4.69, 9.17) is 4.74 Å². The lowest BCUT2D eigenvalue weighted by Crippen LogP contribution is -2.15. The summed E-state index contributed by atoms with van der Waals surface area (Å²) in [6, 6.07) is 6.28. The van der Waals surface area contributed by atoms with Crippen molar-refractivity contribution in [3.8, 4) is 5.75 Å². The van der Waals surface area contributed by atoms with Crippen LogP contribution in [0.4, 0.5) is 0 Å². The van der Waals surface area contributed by atoms with Gasteiger partial charge in [-0.15, -0.1) is 0 Å². The van der Waals surface area contributed by atoms with E-state index in [2.05, 4.69) is 26.0 Å². The molecule has 0 aliphatic heterocycles. The third kappa shape index (κ3) is 1.71. The highest BCUT2D eigenvalue weighted by atomic mass is 16.5. The average molecular weight is 220 g/mol. The molecule has 1 aromatic carbocycles. The molecule has 2 heteroatoms. The van der Waals surface area contributed by atoms with Crippen LogP contribution in [-0.2, 0) is 5.41 Å². The summed E-state index contributed by atoms with van der Waals surface area (Å²) in [5.41, 5.74) is 2.44. The van der Waals surface area contributed by atoms with E-state index in [0.29, 0.717) is 12.5 Å². The van der Waals surface area contributed by atoms with Crippen molar-refractivity contribution in [3.05, 3.63) is 29.3 Å². The fraction of sp³-hybridized carbons (Fsp3) is 0.571. The maximum atomic E-state index is 9.51. The van der Waals surface area contributed by atoms with Crippen LogP contribution in [0.3, 0.4) is 0 Å². The lowest BCUT2D eigenvalue weighted by atomic mass is 9.93. The summed E-state index contributed by atoms with van der Waals surface area (Å²) < 4.78 is 5.52. The summed E-state index contributed by atoms with van der Waals surface area (Å²) >= 11 is 0. The number of ether oxygens (including phenoxy) is 1. The Labute approximate surface area is 97.3 Å². The van der Waals surface area contributed by atoms with Crippen LogP contribution in [0.2, 0.25) is 0 Å². The highest BCUT2D eigenvalue weighted by Crippen LogP contribution is 2.53. The van der Waals surface area contributed by atoms with Crippen molar-refractivity contribution in [2.45, 2.75) is 32.6 Å². The number of hydrogen-bond donors (Lipinski definition) is 1.